The Balaban J connectivity index is 1.83. The number of ether oxygens (including phenoxy) is 1. The summed E-state index contributed by atoms with van der Waals surface area (Å²) in [6.45, 7) is 3.47. The molecule has 1 amide bonds. The monoisotopic (exact) mass is 313 g/mol. The van der Waals surface area contributed by atoms with Crippen LogP contribution < -0.4 is 5.32 Å². The summed E-state index contributed by atoms with van der Waals surface area (Å²) in [5, 5.41) is 3.64. The number of benzene rings is 1. The molecule has 1 aliphatic rings. The van der Waals surface area contributed by atoms with Crippen LogP contribution in [0.5, 0.6) is 0 Å². The van der Waals surface area contributed by atoms with Gasteiger partial charge in [-0.1, -0.05) is 18.5 Å². The van der Waals surface area contributed by atoms with Crippen LogP contribution in [0.25, 0.3) is 0 Å². The summed E-state index contributed by atoms with van der Waals surface area (Å²) in [4.78, 5) is 13.3. The fourth-order valence-corrected chi connectivity index (χ4v) is 3.24. The smallest absolute Gasteiger partial charge is 0.233 e. The molecule has 0 radical (unpaired) electrons. The van der Waals surface area contributed by atoms with Gasteiger partial charge in [-0.25, -0.2) is 0 Å². The van der Waals surface area contributed by atoms with Crippen LogP contribution in [0, 0.1) is 0 Å². The Hall–Kier alpha value is -0.710. The van der Waals surface area contributed by atoms with Crippen molar-refractivity contribution in [3.63, 3.8) is 0 Å². The van der Waals surface area contributed by atoms with Gasteiger partial charge < -0.3 is 10.1 Å². The molecular weight excluding hydrogens is 294 g/mol. The molecular formula is C15H20ClNO2S. The van der Waals surface area contributed by atoms with Gasteiger partial charge in [0.05, 0.1) is 11.4 Å². The third-order valence-corrected chi connectivity index (χ3v) is 4.91. The van der Waals surface area contributed by atoms with Gasteiger partial charge in [-0.3, -0.25) is 4.79 Å². The first kappa shape index (κ1) is 15.7. The minimum absolute atomic E-state index is 0.0717. The van der Waals surface area contributed by atoms with Gasteiger partial charge in [0, 0.05) is 23.1 Å². The molecule has 1 N–H and O–H groups in total. The van der Waals surface area contributed by atoms with E-state index in [1.807, 2.05) is 31.2 Å². The van der Waals surface area contributed by atoms with E-state index in [1.54, 1.807) is 11.8 Å². The second kappa shape index (κ2) is 7.91. The largest absolute Gasteiger partial charge is 0.376 e. The van der Waals surface area contributed by atoms with Gasteiger partial charge in [0.25, 0.3) is 0 Å². The minimum Gasteiger partial charge on any atom is -0.376 e. The number of carbonyl (C=O) groups is 1. The Labute approximate surface area is 129 Å². The molecule has 1 saturated heterocycles. The molecule has 5 heteroatoms. The average Bonchev–Trinajstić information content (AvgIpc) is 2.97. The van der Waals surface area contributed by atoms with Crippen molar-refractivity contribution >= 4 is 29.3 Å². The lowest BCUT2D eigenvalue weighted by Gasteiger charge is -2.16. The Bertz CT molecular complexity index is 432. The summed E-state index contributed by atoms with van der Waals surface area (Å²) in [5.74, 6) is 0.0861. The van der Waals surface area contributed by atoms with Crippen molar-refractivity contribution in [3.8, 4) is 0 Å². The molecule has 2 atom stereocenters. The van der Waals surface area contributed by atoms with E-state index in [1.165, 1.54) is 0 Å². The zero-order chi connectivity index (χ0) is 14.4. The first-order valence-electron chi connectivity index (χ1n) is 7.00. The lowest BCUT2D eigenvalue weighted by molar-refractivity contribution is -0.121. The fraction of sp³-hybridized carbons (Fsp3) is 0.533. The second-order valence-electron chi connectivity index (χ2n) is 4.85. The van der Waals surface area contributed by atoms with Gasteiger partial charge in [0.1, 0.15) is 0 Å². The number of nitrogens with one attached hydrogen (secondary N) is 1. The molecule has 0 unspecified atom stereocenters. The van der Waals surface area contributed by atoms with E-state index in [0.717, 1.165) is 30.8 Å². The van der Waals surface area contributed by atoms with Crippen LogP contribution in [0.3, 0.4) is 0 Å². The normalized spacial score (nSPS) is 19.8. The maximum atomic E-state index is 12.2. The van der Waals surface area contributed by atoms with Gasteiger partial charge in [0.2, 0.25) is 5.91 Å². The quantitative estimate of drug-likeness (QED) is 0.817. The Morgan fingerprint density at radius 3 is 2.85 bits per heavy atom. The average molecular weight is 314 g/mol. The van der Waals surface area contributed by atoms with E-state index >= 15 is 0 Å². The molecule has 0 aromatic heterocycles. The van der Waals surface area contributed by atoms with Crippen molar-refractivity contribution in [2.75, 3.05) is 13.2 Å². The van der Waals surface area contributed by atoms with Crippen molar-refractivity contribution in [1.29, 1.82) is 0 Å². The zero-order valence-electron chi connectivity index (χ0n) is 11.6. The van der Waals surface area contributed by atoms with E-state index in [9.17, 15) is 4.79 Å². The predicted molar refractivity (Wildman–Crippen MR) is 83.4 cm³/mol. The number of thioether (sulfide) groups is 1. The van der Waals surface area contributed by atoms with Crippen molar-refractivity contribution in [2.45, 2.75) is 42.4 Å². The third kappa shape index (κ3) is 4.69. The predicted octanol–water partition coefficient (Wildman–Crippen LogP) is 3.51. The molecule has 1 fully saturated rings. The molecule has 1 aromatic rings. The molecule has 110 valence electrons. The Morgan fingerprint density at radius 2 is 2.25 bits per heavy atom. The SMILES string of the molecule is CC[C@@H](Sc1ccc(Cl)cc1)C(=O)NC[C@H]1CCCO1. The van der Waals surface area contributed by atoms with Crippen LogP contribution in [0.15, 0.2) is 29.2 Å². The molecule has 3 nitrogen and oxygen atoms in total. The molecule has 0 bridgehead atoms. The highest BCUT2D eigenvalue weighted by Gasteiger charge is 2.21. The maximum absolute atomic E-state index is 12.2. The van der Waals surface area contributed by atoms with Gasteiger partial charge in [-0.2, -0.15) is 0 Å². The van der Waals surface area contributed by atoms with Crippen molar-refractivity contribution in [1.82, 2.24) is 5.32 Å². The van der Waals surface area contributed by atoms with Crippen molar-refractivity contribution < 1.29 is 9.53 Å². The summed E-state index contributed by atoms with van der Waals surface area (Å²) in [5.41, 5.74) is 0. The third-order valence-electron chi connectivity index (χ3n) is 3.28. The zero-order valence-corrected chi connectivity index (χ0v) is 13.2. The minimum atomic E-state index is -0.0717. The number of amides is 1. The summed E-state index contributed by atoms with van der Waals surface area (Å²) in [6, 6.07) is 7.59. The molecule has 20 heavy (non-hydrogen) atoms. The molecule has 0 spiro atoms. The van der Waals surface area contributed by atoms with Gasteiger partial charge in [0.15, 0.2) is 0 Å². The van der Waals surface area contributed by atoms with Crippen LogP contribution in [-0.4, -0.2) is 30.4 Å². The number of hydrogen-bond donors (Lipinski definition) is 1. The van der Waals surface area contributed by atoms with Crippen LogP contribution in [0.4, 0.5) is 0 Å². The van der Waals surface area contributed by atoms with E-state index in [0.29, 0.717) is 11.6 Å². The van der Waals surface area contributed by atoms with E-state index in [4.69, 9.17) is 16.3 Å². The molecule has 1 aromatic carbocycles. The molecule has 2 rings (SSSR count). The molecule has 0 saturated carbocycles. The number of hydrogen-bond acceptors (Lipinski definition) is 3. The van der Waals surface area contributed by atoms with Gasteiger partial charge >= 0.3 is 0 Å². The Kier molecular flexibility index (Phi) is 6.20. The molecule has 1 aliphatic heterocycles. The van der Waals surface area contributed by atoms with Crippen LogP contribution in [0.2, 0.25) is 5.02 Å². The second-order valence-corrected chi connectivity index (χ2v) is 6.56. The standard InChI is InChI=1S/C15H20ClNO2S/c1-2-14(20-13-7-5-11(16)6-8-13)15(18)17-10-12-4-3-9-19-12/h5-8,12,14H,2-4,9-10H2,1H3,(H,17,18)/t12-,14-/m1/s1. The van der Waals surface area contributed by atoms with Crippen LogP contribution in [-0.2, 0) is 9.53 Å². The summed E-state index contributed by atoms with van der Waals surface area (Å²) in [7, 11) is 0. The summed E-state index contributed by atoms with van der Waals surface area (Å²) in [6.07, 6.45) is 3.13. The highest BCUT2D eigenvalue weighted by molar-refractivity contribution is 8.00. The summed E-state index contributed by atoms with van der Waals surface area (Å²) < 4.78 is 5.51. The van der Waals surface area contributed by atoms with Crippen molar-refractivity contribution in [2.24, 2.45) is 0 Å². The van der Waals surface area contributed by atoms with Gasteiger partial charge in [-0.05, 0) is 43.5 Å². The van der Waals surface area contributed by atoms with Crippen LogP contribution >= 0.6 is 23.4 Å². The fourth-order valence-electron chi connectivity index (χ4n) is 2.13. The van der Waals surface area contributed by atoms with E-state index < -0.39 is 0 Å². The lowest BCUT2D eigenvalue weighted by Crippen LogP contribution is -2.37. The first-order chi connectivity index (χ1) is 9.69. The van der Waals surface area contributed by atoms with E-state index in [2.05, 4.69) is 5.32 Å². The first-order valence-corrected chi connectivity index (χ1v) is 8.26. The van der Waals surface area contributed by atoms with E-state index in [-0.39, 0.29) is 17.3 Å². The lowest BCUT2D eigenvalue weighted by atomic mass is 10.2. The highest BCUT2D eigenvalue weighted by atomic mass is 35.5. The molecule has 1 heterocycles. The topological polar surface area (TPSA) is 38.3 Å². The number of rotatable bonds is 6. The number of carbonyl (C=O) groups excluding carboxylic acids is 1. The maximum Gasteiger partial charge on any atom is 0.233 e. The van der Waals surface area contributed by atoms with Gasteiger partial charge in [-0.15, -0.1) is 11.8 Å². The van der Waals surface area contributed by atoms with Crippen LogP contribution in [0.1, 0.15) is 26.2 Å². The summed E-state index contributed by atoms with van der Waals surface area (Å²) >= 11 is 7.44. The van der Waals surface area contributed by atoms with Crippen molar-refractivity contribution in [3.05, 3.63) is 29.3 Å². The number of halogens is 1. The Morgan fingerprint density at radius 1 is 1.50 bits per heavy atom. The molecule has 0 aliphatic carbocycles. The highest BCUT2D eigenvalue weighted by Crippen LogP contribution is 2.26.